The Labute approximate surface area is 112 Å². The number of aliphatic carboxylic acids is 1. The van der Waals surface area contributed by atoms with Gasteiger partial charge in [-0.1, -0.05) is 20.8 Å². The fourth-order valence-electron chi connectivity index (χ4n) is 1.91. The van der Waals surface area contributed by atoms with Crippen LogP contribution in [0.3, 0.4) is 0 Å². The minimum absolute atomic E-state index is 0.232. The highest BCUT2D eigenvalue weighted by Gasteiger charge is 2.36. The van der Waals surface area contributed by atoms with E-state index in [1.165, 1.54) is 4.90 Å². The van der Waals surface area contributed by atoms with Crippen molar-refractivity contribution >= 4 is 17.9 Å². The third kappa shape index (κ3) is 3.59. The molecule has 1 aliphatic heterocycles. The lowest BCUT2D eigenvalue weighted by atomic mass is 9.87. The zero-order valence-corrected chi connectivity index (χ0v) is 11.7. The summed E-state index contributed by atoms with van der Waals surface area (Å²) in [5.74, 6) is -1.32. The maximum Gasteiger partial charge on any atom is 0.326 e. The van der Waals surface area contributed by atoms with E-state index in [1.54, 1.807) is 27.7 Å². The molecule has 1 aliphatic rings. The molecular formula is C12H21N3O4. The Kier molecular flexibility index (Phi) is 4.39. The second kappa shape index (κ2) is 5.46. The normalized spacial score (nSPS) is 21.6. The summed E-state index contributed by atoms with van der Waals surface area (Å²) in [7, 11) is 0. The highest BCUT2D eigenvalue weighted by molar-refractivity contribution is 5.89. The van der Waals surface area contributed by atoms with Gasteiger partial charge in [0, 0.05) is 13.1 Å². The number of hydrogen-bond acceptors (Lipinski definition) is 3. The number of nitrogens with one attached hydrogen (secondary N) is 2. The SMILES string of the molecule is CC1C(=O)NCCN1C(=O)NC(C(=O)O)C(C)(C)C. The van der Waals surface area contributed by atoms with Gasteiger partial charge in [0.25, 0.3) is 0 Å². The lowest BCUT2D eigenvalue weighted by Gasteiger charge is -2.35. The Morgan fingerprint density at radius 2 is 2.05 bits per heavy atom. The first-order chi connectivity index (χ1) is 8.64. The summed E-state index contributed by atoms with van der Waals surface area (Å²) in [5, 5.41) is 14.3. The molecule has 0 radical (unpaired) electrons. The second-order valence-corrected chi connectivity index (χ2v) is 5.75. The van der Waals surface area contributed by atoms with Gasteiger partial charge < -0.3 is 20.6 Å². The van der Waals surface area contributed by atoms with Crippen LogP contribution in [0.25, 0.3) is 0 Å². The maximum atomic E-state index is 12.1. The smallest absolute Gasteiger partial charge is 0.326 e. The summed E-state index contributed by atoms with van der Waals surface area (Å²) in [6, 6.07) is -2.12. The monoisotopic (exact) mass is 271 g/mol. The first-order valence-electron chi connectivity index (χ1n) is 6.22. The molecule has 2 atom stereocenters. The number of carboxylic acid groups (broad SMARTS) is 1. The van der Waals surface area contributed by atoms with Gasteiger partial charge in [-0.3, -0.25) is 4.79 Å². The van der Waals surface area contributed by atoms with Crippen LogP contribution in [0.1, 0.15) is 27.7 Å². The van der Waals surface area contributed by atoms with Crippen LogP contribution in [0, 0.1) is 5.41 Å². The molecule has 7 heteroatoms. The molecule has 108 valence electrons. The van der Waals surface area contributed by atoms with Crippen molar-refractivity contribution in [2.45, 2.75) is 39.8 Å². The molecule has 1 heterocycles. The first-order valence-corrected chi connectivity index (χ1v) is 6.22. The topological polar surface area (TPSA) is 98.7 Å². The molecule has 1 fully saturated rings. The van der Waals surface area contributed by atoms with E-state index in [0.717, 1.165) is 0 Å². The van der Waals surface area contributed by atoms with Gasteiger partial charge in [-0.25, -0.2) is 9.59 Å². The van der Waals surface area contributed by atoms with Crippen molar-refractivity contribution in [2.75, 3.05) is 13.1 Å². The fourth-order valence-corrected chi connectivity index (χ4v) is 1.91. The van der Waals surface area contributed by atoms with Crippen LogP contribution in [-0.2, 0) is 9.59 Å². The summed E-state index contributed by atoms with van der Waals surface area (Å²) in [6.07, 6.45) is 0. The molecule has 19 heavy (non-hydrogen) atoms. The molecule has 0 bridgehead atoms. The Balaban J connectivity index is 2.77. The van der Waals surface area contributed by atoms with Crippen molar-refractivity contribution in [3.8, 4) is 0 Å². The minimum atomic E-state index is -1.09. The third-order valence-electron chi connectivity index (χ3n) is 3.14. The molecule has 0 saturated carbocycles. The number of amides is 3. The molecular weight excluding hydrogens is 250 g/mol. The molecule has 0 aromatic rings. The number of urea groups is 1. The number of carbonyl (C=O) groups is 3. The van der Waals surface area contributed by atoms with E-state index in [-0.39, 0.29) is 5.91 Å². The van der Waals surface area contributed by atoms with Gasteiger partial charge in [0.05, 0.1) is 0 Å². The van der Waals surface area contributed by atoms with Crippen molar-refractivity contribution in [2.24, 2.45) is 5.41 Å². The van der Waals surface area contributed by atoms with Gasteiger partial charge in [-0.05, 0) is 12.3 Å². The zero-order valence-electron chi connectivity index (χ0n) is 11.7. The lowest BCUT2D eigenvalue weighted by molar-refractivity contribution is -0.142. The molecule has 3 N–H and O–H groups in total. The van der Waals surface area contributed by atoms with E-state index in [1.807, 2.05) is 0 Å². The van der Waals surface area contributed by atoms with E-state index in [4.69, 9.17) is 5.11 Å². The second-order valence-electron chi connectivity index (χ2n) is 5.75. The number of rotatable bonds is 2. The molecule has 1 rings (SSSR count). The molecule has 7 nitrogen and oxygen atoms in total. The Morgan fingerprint density at radius 1 is 1.47 bits per heavy atom. The van der Waals surface area contributed by atoms with Gasteiger partial charge in [0.15, 0.2) is 0 Å². The number of nitrogens with zero attached hydrogens (tertiary/aromatic N) is 1. The standard InChI is InChI=1S/C12H21N3O4/c1-7-9(16)13-5-6-15(7)11(19)14-8(10(17)18)12(2,3)4/h7-8H,5-6H2,1-4H3,(H,13,16)(H,14,19)(H,17,18). The summed E-state index contributed by atoms with van der Waals surface area (Å²) in [4.78, 5) is 36.1. The van der Waals surface area contributed by atoms with E-state index >= 15 is 0 Å². The molecule has 3 amide bonds. The van der Waals surface area contributed by atoms with Crippen molar-refractivity contribution in [1.82, 2.24) is 15.5 Å². The molecule has 0 spiro atoms. The maximum absolute atomic E-state index is 12.1. The van der Waals surface area contributed by atoms with Crippen molar-refractivity contribution in [1.29, 1.82) is 0 Å². The van der Waals surface area contributed by atoms with Gasteiger partial charge in [-0.15, -0.1) is 0 Å². The van der Waals surface area contributed by atoms with E-state index in [2.05, 4.69) is 10.6 Å². The van der Waals surface area contributed by atoms with Gasteiger partial charge in [0.2, 0.25) is 5.91 Å². The quantitative estimate of drug-likeness (QED) is 0.659. The van der Waals surface area contributed by atoms with Gasteiger partial charge >= 0.3 is 12.0 Å². The molecule has 0 aromatic heterocycles. The highest BCUT2D eigenvalue weighted by Crippen LogP contribution is 2.20. The predicted octanol–water partition coefficient (Wildman–Crippen LogP) is 0.0156. The summed E-state index contributed by atoms with van der Waals surface area (Å²) >= 11 is 0. The minimum Gasteiger partial charge on any atom is -0.480 e. The summed E-state index contributed by atoms with van der Waals surface area (Å²) in [6.45, 7) is 7.56. The molecule has 2 unspecified atom stereocenters. The van der Waals surface area contributed by atoms with E-state index < -0.39 is 29.5 Å². The van der Waals surface area contributed by atoms with Crippen molar-refractivity contribution < 1.29 is 19.5 Å². The summed E-state index contributed by atoms with van der Waals surface area (Å²) < 4.78 is 0. The zero-order chi connectivity index (χ0) is 14.8. The number of hydrogen-bond donors (Lipinski definition) is 3. The first kappa shape index (κ1) is 15.3. The number of carboxylic acids is 1. The van der Waals surface area contributed by atoms with Crippen LogP contribution in [0.2, 0.25) is 0 Å². The third-order valence-corrected chi connectivity index (χ3v) is 3.14. The van der Waals surface area contributed by atoms with Crippen LogP contribution in [0.5, 0.6) is 0 Å². The van der Waals surface area contributed by atoms with Gasteiger partial charge in [0.1, 0.15) is 12.1 Å². The van der Waals surface area contributed by atoms with Crippen LogP contribution < -0.4 is 10.6 Å². The molecule has 0 aliphatic carbocycles. The van der Waals surface area contributed by atoms with Crippen LogP contribution in [0.15, 0.2) is 0 Å². The van der Waals surface area contributed by atoms with Crippen LogP contribution in [-0.4, -0.2) is 53.1 Å². The Morgan fingerprint density at radius 3 is 2.53 bits per heavy atom. The average molecular weight is 271 g/mol. The highest BCUT2D eigenvalue weighted by atomic mass is 16.4. The van der Waals surface area contributed by atoms with E-state index in [0.29, 0.717) is 13.1 Å². The number of carbonyl (C=O) groups excluding carboxylic acids is 2. The van der Waals surface area contributed by atoms with Gasteiger partial charge in [-0.2, -0.15) is 0 Å². The van der Waals surface area contributed by atoms with Crippen molar-refractivity contribution in [3.05, 3.63) is 0 Å². The average Bonchev–Trinajstić information content (AvgIpc) is 2.27. The fraction of sp³-hybridized carbons (Fsp3) is 0.750. The molecule has 1 saturated heterocycles. The predicted molar refractivity (Wildman–Crippen MR) is 68.6 cm³/mol. The summed E-state index contributed by atoms with van der Waals surface area (Å²) in [5.41, 5.74) is -0.608. The van der Waals surface area contributed by atoms with Crippen LogP contribution >= 0.6 is 0 Å². The Hall–Kier alpha value is -1.79. The largest absolute Gasteiger partial charge is 0.480 e. The Bertz CT molecular complexity index is 389. The van der Waals surface area contributed by atoms with E-state index in [9.17, 15) is 14.4 Å². The number of piperazine rings is 1. The van der Waals surface area contributed by atoms with Crippen molar-refractivity contribution in [3.63, 3.8) is 0 Å². The lowest BCUT2D eigenvalue weighted by Crippen LogP contribution is -2.61. The molecule has 0 aromatic carbocycles. The van der Waals surface area contributed by atoms with Crippen LogP contribution in [0.4, 0.5) is 4.79 Å².